The molecule has 2 aromatic rings. The summed E-state index contributed by atoms with van der Waals surface area (Å²) in [6.07, 6.45) is 0.991. The van der Waals surface area contributed by atoms with E-state index < -0.39 is 0 Å². The summed E-state index contributed by atoms with van der Waals surface area (Å²) in [6, 6.07) is 15.8. The minimum Gasteiger partial charge on any atom is -0.492 e. The topological polar surface area (TPSA) is 58.8 Å². The normalized spacial score (nSPS) is 16.7. The van der Waals surface area contributed by atoms with Gasteiger partial charge in [-0.2, -0.15) is 0 Å². The molecule has 1 aliphatic heterocycles. The van der Waals surface area contributed by atoms with Crippen LogP contribution >= 0.6 is 0 Å². The van der Waals surface area contributed by atoms with Gasteiger partial charge in [0.2, 0.25) is 0 Å². The molecule has 0 radical (unpaired) electrons. The van der Waals surface area contributed by atoms with Crippen molar-refractivity contribution in [1.82, 2.24) is 9.80 Å². The van der Waals surface area contributed by atoms with Gasteiger partial charge in [-0.3, -0.25) is 4.79 Å². The molecule has 144 valence electrons. The quantitative estimate of drug-likeness (QED) is 0.817. The van der Waals surface area contributed by atoms with Gasteiger partial charge in [-0.05, 0) is 56.7 Å². The summed E-state index contributed by atoms with van der Waals surface area (Å²) in [5.41, 5.74) is 8.47. The number of amides is 1. The van der Waals surface area contributed by atoms with Crippen molar-refractivity contribution < 1.29 is 9.53 Å². The second kappa shape index (κ2) is 9.02. The number of nitrogens with two attached hydrogens (primary N) is 1. The van der Waals surface area contributed by atoms with E-state index in [0.29, 0.717) is 24.6 Å². The number of likely N-dealkylation sites (tertiary alicyclic amines) is 1. The summed E-state index contributed by atoms with van der Waals surface area (Å²) in [6.45, 7) is 3.65. The molecule has 0 saturated carbocycles. The third-order valence-electron chi connectivity index (χ3n) is 5.01. The molecule has 1 fully saturated rings. The lowest BCUT2D eigenvalue weighted by atomic mass is 10.0. The Morgan fingerprint density at radius 2 is 2.04 bits per heavy atom. The first-order valence-electron chi connectivity index (χ1n) is 9.55. The van der Waals surface area contributed by atoms with Crippen LogP contribution in [-0.4, -0.2) is 62.6 Å². The van der Waals surface area contributed by atoms with Crippen molar-refractivity contribution in [2.45, 2.75) is 6.42 Å². The highest BCUT2D eigenvalue weighted by Gasteiger charge is 2.26. The van der Waals surface area contributed by atoms with E-state index >= 15 is 0 Å². The van der Waals surface area contributed by atoms with Gasteiger partial charge in [0.05, 0.1) is 0 Å². The van der Waals surface area contributed by atoms with Gasteiger partial charge in [-0.1, -0.05) is 30.3 Å². The largest absolute Gasteiger partial charge is 0.492 e. The van der Waals surface area contributed by atoms with E-state index in [1.165, 1.54) is 0 Å². The van der Waals surface area contributed by atoms with Crippen LogP contribution in [0.1, 0.15) is 16.8 Å². The number of ether oxygens (including phenoxy) is 1. The average Bonchev–Trinajstić information content (AvgIpc) is 3.17. The molecule has 5 heteroatoms. The van der Waals surface area contributed by atoms with Crippen molar-refractivity contribution in [3.63, 3.8) is 0 Å². The van der Waals surface area contributed by atoms with Gasteiger partial charge in [0.1, 0.15) is 12.4 Å². The van der Waals surface area contributed by atoms with Gasteiger partial charge in [0, 0.05) is 30.8 Å². The van der Waals surface area contributed by atoms with Crippen LogP contribution in [0.15, 0.2) is 48.5 Å². The molecule has 0 aromatic heterocycles. The van der Waals surface area contributed by atoms with Crippen LogP contribution in [0.2, 0.25) is 0 Å². The van der Waals surface area contributed by atoms with Gasteiger partial charge in [0.25, 0.3) is 5.91 Å². The lowest BCUT2D eigenvalue weighted by molar-refractivity contribution is 0.0787. The van der Waals surface area contributed by atoms with E-state index in [-0.39, 0.29) is 5.91 Å². The van der Waals surface area contributed by atoms with Gasteiger partial charge >= 0.3 is 0 Å². The molecule has 27 heavy (non-hydrogen) atoms. The number of likely N-dealkylation sites (N-methyl/N-ethyl adjacent to an activating group) is 1. The number of hydrogen-bond acceptors (Lipinski definition) is 4. The Morgan fingerprint density at radius 3 is 2.78 bits per heavy atom. The highest BCUT2D eigenvalue weighted by molar-refractivity contribution is 5.95. The first kappa shape index (κ1) is 19.4. The molecule has 0 bridgehead atoms. The maximum atomic E-state index is 12.9. The van der Waals surface area contributed by atoms with Crippen LogP contribution in [0.4, 0.5) is 0 Å². The van der Waals surface area contributed by atoms with Crippen molar-refractivity contribution in [1.29, 1.82) is 0 Å². The lowest BCUT2D eigenvalue weighted by Gasteiger charge is -2.17. The van der Waals surface area contributed by atoms with Crippen molar-refractivity contribution >= 4 is 5.91 Å². The minimum absolute atomic E-state index is 0.0822. The molecular formula is C22H29N3O2. The van der Waals surface area contributed by atoms with Crippen LogP contribution in [0.3, 0.4) is 0 Å². The van der Waals surface area contributed by atoms with E-state index in [0.717, 1.165) is 42.9 Å². The number of para-hydroxylation sites is 1. The zero-order valence-electron chi connectivity index (χ0n) is 16.2. The fourth-order valence-electron chi connectivity index (χ4n) is 3.38. The first-order chi connectivity index (χ1) is 13.1. The predicted octanol–water partition coefficient (Wildman–Crippen LogP) is 2.71. The Bertz CT molecular complexity index is 776. The van der Waals surface area contributed by atoms with Crippen molar-refractivity contribution in [2.24, 2.45) is 11.7 Å². The molecule has 1 aliphatic rings. The number of rotatable bonds is 7. The smallest absolute Gasteiger partial charge is 0.253 e. The minimum atomic E-state index is 0.0822. The third kappa shape index (κ3) is 4.87. The summed E-state index contributed by atoms with van der Waals surface area (Å²) < 4.78 is 5.98. The van der Waals surface area contributed by atoms with Crippen LogP contribution in [0.25, 0.3) is 11.1 Å². The second-order valence-electron chi connectivity index (χ2n) is 7.37. The van der Waals surface area contributed by atoms with Crippen LogP contribution in [-0.2, 0) is 0 Å². The molecule has 2 N–H and O–H groups in total. The first-order valence-corrected chi connectivity index (χ1v) is 9.55. The van der Waals surface area contributed by atoms with E-state index in [9.17, 15) is 4.79 Å². The van der Waals surface area contributed by atoms with Crippen LogP contribution < -0.4 is 10.5 Å². The Hall–Kier alpha value is -2.37. The average molecular weight is 367 g/mol. The van der Waals surface area contributed by atoms with E-state index in [4.69, 9.17) is 10.5 Å². The van der Waals surface area contributed by atoms with Crippen molar-refractivity contribution in [2.75, 3.05) is 46.9 Å². The summed E-state index contributed by atoms with van der Waals surface area (Å²) in [5, 5.41) is 0. The zero-order chi connectivity index (χ0) is 19.2. The molecule has 3 rings (SSSR count). The van der Waals surface area contributed by atoms with Crippen molar-refractivity contribution in [3.05, 3.63) is 54.1 Å². The Balaban J connectivity index is 1.79. The van der Waals surface area contributed by atoms with E-state index in [1.807, 2.05) is 67.5 Å². The summed E-state index contributed by atoms with van der Waals surface area (Å²) in [5.74, 6) is 1.34. The molecule has 1 amide bonds. The molecule has 2 aromatic carbocycles. The molecule has 1 heterocycles. The fraction of sp³-hybridized carbons (Fsp3) is 0.409. The van der Waals surface area contributed by atoms with Gasteiger partial charge in [-0.25, -0.2) is 0 Å². The fourth-order valence-corrected chi connectivity index (χ4v) is 3.38. The monoisotopic (exact) mass is 367 g/mol. The number of carbonyl (C=O) groups excluding carboxylic acids is 1. The van der Waals surface area contributed by atoms with Gasteiger partial charge in [0.15, 0.2) is 0 Å². The van der Waals surface area contributed by atoms with Crippen LogP contribution in [0, 0.1) is 5.92 Å². The van der Waals surface area contributed by atoms with E-state index in [1.54, 1.807) is 0 Å². The summed E-state index contributed by atoms with van der Waals surface area (Å²) in [4.78, 5) is 16.9. The molecular weight excluding hydrogens is 338 g/mol. The predicted molar refractivity (Wildman–Crippen MR) is 109 cm³/mol. The van der Waals surface area contributed by atoms with Gasteiger partial charge < -0.3 is 20.3 Å². The zero-order valence-corrected chi connectivity index (χ0v) is 16.2. The number of carbonyl (C=O) groups is 1. The Morgan fingerprint density at radius 1 is 1.22 bits per heavy atom. The highest BCUT2D eigenvalue weighted by Crippen LogP contribution is 2.31. The van der Waals surface area contributed by atoms with E-state index in [2.05, 4.69) is 4.90 Å². The molecule has 5 nitrogen and oxygen atoms in total. The highest BCUT2D eigenvalue weighted by atomic mass is 16.5. The molecule has 1 saturated heterocycles. The Labute approximate surface area is 161 Å². The number of nitrogens with zero attached hydrogens (tertiary/aromatic N) is 2. The SMILES string of the molecule is CN(C)CCOc1ccccc1-c1cccc(C(=O)N2CC[C@@H](CN)C2)c1. The standard InChI is InChI=1S/C22H29N3O2/c1-24(2)12-13-27-21-9-4-3-8-20(21)18-6-5-7-19(14-18)22(26)25-11-10-17(15-23)16-25/h3-9,14,17H,10-13,15-16,23H2,1-2H3/t17-/m0/s1. The number of hydrogen-bond donors (Lipinski definition) is 1. The number of benzene rings is 2. The summed E-state index contributed by atoms with van der Waals surface area (Å²) in [7, 11) is 4.05. The maximum Gasteiger partial charge on any atom is 0.253 e. The molecule has 1 atom stereocenters. The lowest BCUT2D eigenvalue weighted by Crippen LogP contribution is -2.29. The summed E-state index contributed by atoms with van der Waals surface area (Å²) >= 11 is 0. The van der Waals surface area contributed by atoms with Crippen molar-refractivity contribution in [3.8, 4) is 16.9 Å². The second-order valence-corrected chi connectivity index (χ2v) is 7.37. The van der Waals surface area contributed by atoms with Gasteiger partial charge in [-0.15, -0.1) is 0 Å². The third-order valence-corrected chi connectivity index (χ3v) is 5.01. The molecule has 0 unspecified atom stereocenters. The molecule has 0 aliphatic carbocycles. The molecule has 0 spiro atoms. The Kier molecular flexibility index (Phi) is 6.48. The maximum absolute atomic E-state index is 12.9. The van der Waals surface area contributed by atoms with Crippen LogP contribution in [0.5, 0.6) is 5.75 Å².